The molecule has 0 fully saturated rings. The summed E-state index contributed by atoms with van der Waals surface area (Å²) in [4.78, 5) is 50.7. The lowest BCUT2D eigenvalue weighted by Crippen LogP contribution is -2.61. The number of carbonyl (C=O) groups excluding carboxylic acids is 1. The number of fused-ring (bicyclic) bond motifs is 7. The molecule has 0 atom stereocenters. The Morgan fingerprint density at radius 3 is 1.36 bits per heavy atom. The number of benzene rings is 13. The lowest BCUT2D eigenvalue weighted by molar-refractivity contribution is 0.0473. The van der Waals surface area contributed by atoms with Gasteiger partial charge in [-0.3, -0.25) is 0 Å². The Balaban J connectivity index is 0.827. The molecule has 0 bridgehead atoms. The molecule has 0 saturated heterocycles. The topological polar surface area (TPSA) is 115 Å². The van der Waals surface area contributed by atoms with E-state index in [1.54, 1.807) is 0 Å². The second kappa shape index (κ2) is 24.3. The van der Waals surface area contributed by atoms with Crippen LogP contribution in [0.15, 0.2) is 328 Å². The zero-order valence-corrected chi connectivity index (χ0v) is 52.8. The van der Waals surface area contributed by atoms with Crippen LogP contribution in [0.2, 0.25) is 0 Å². The van der Waals surface area contributed by atoms with E-state index < -0.39 is 5.97 Å². The van der Waals surface area contributed by atoms with Crippen LogP contribution >= 0.6 is 0 Å². The minimum Gasteiger partial charge on any atom is -0.457 e. The molecule has 13 aromatic carbocycles. The minimum absolute atomic E-state index is 0.0501. The van der Waals surface area contributed by atoms with Crippen LogP contribution in [0.4, 0.5) is 34.1 Å². The molecule has 12 heteroatoms. The summed E-state index contributed by atoms with van der Waals surface area (Å²) in [5.74, 6) is 2.54. The lowest BCUT2D eigenvalue weighted by atomic mass is 9.33. The summed E-state index contributed by atoms with van der Waals surface area (Å²) in [5.41, 5.74) is 21.2. The molecule has 2 aliphatic rings. The summed E-state index contributed by atoms with van der Waals surface area (Å²) in [6.45, 7) is 0.105. The van der Waals surface area contributed by atoms with Gasteiger partial charge in [0.25, 0.3) is 6.71 Å². The highest BCUT2D eigenvalue weighted by molar-refractivity contribution is 7.00. The molecule has 0 N–H and O–H groups in total. The first-order valence-electron chi connectivity index (χ1n) is 32.8. The van der Waals surface area contributed by atoms with Crippen LogP contribution in [0.3, 0.4) is 0 Å². The summed E-state index contributed by atoms with van der Waals surface area (Å²) >= 11 is 0. The third-order valence-electron chi connectivity index (χ3n) is 18.6. The lowest BCUT2D eigenvalue weighted by Gasteiger charge is -2.45. The van der Waals surface area contributed by atoms with Gasteiger partial charge in [-0.2, -0.15) is 0 Å². The van der Waals surface area contributed by atoms with E-state index in [0.717, 1.165) is 106 Å². The normalized spacial score (nSPS) is 12.1. The number of carbonyl (C=O) groups is 1. The molecule has 0 radical (unpaired) electrons. The number of hydrogen-bond donors (Lipinski definition) is 0. The van der Waals surface area contributed by atoms with Crippen LogP contribution in [0.5, 0.6) is 0 Å². The fourth-order valence-electron chi connectivity index (χ4n) is 14.1. The number of rotatable bonds is 13. The number of anilines is 6. The third kappa shape index (κ3) is 10.1. The van der Waals surface area contributed by atoms with E-state index in [4.69, 9.17) is 34.6 Å². The largest absolute Gasteiger partial charge is 0.457 e. The van der Waals surface area contributed by atoms with Crippen molar-refractivity contribution in [2.75, 3.05) is 9.80 Å². The number of esters is 1. The molecule has 3 aromatic heterocycles. The van der Waals surface area contributed by atoms with Gasteiger partial charge in [0.2, 0.25) is 0 Å². The van der Waals surface area contributed by atoms with E-state index >= 15 is 0 Å². The highest BCUT2D eigenvalue weighted by atomic mass is 16.5. The van der Waals surface area contributed by atoms with Gasteiger partial charge in [-0.15, -0.1) is 0 Å². The SMILES string of the molecule is O=C(OCc1ccccc1)c1ccc2c(c1)c1ccccc1n2-c1ccc(-c2nc(-c3ccccc3)nc(-c3ccccc3)n2)cc1-c1nc(-c2ccccc2)nc(-c2ccc(-c3ccc4c5c3N(c3ccccc3)c3ccccc3B5c3ccccc3N4c3ccccc3)cc2)n1. The summed E-state index contributed by atoms with van der Waals surface area (Å²) < 4.78 is 8.13. The van der Waals surface area contributed by atoms with Crippen LogP contribution in [-0.4, -0.2) is 47.2 Å². The Morgan fingerprint density at radius 2 is 0.765 bits per heavy atom. The first-order valence-corrected chi connectivity index (χ1v) is 32.8. The Kier molecular flexibility index (Phi) is 14.2. The van der Waals surface area contributed by atoms with Crippen molar-refractivity contribution >= 4 is 85.0 Å². The van der Waals surface area contributed by atoms with E-state index in [2.05, 4.69) is 190 Å². The van der Waals surface area contributed by atoms with E-state index in [-0.39, 0.29) is 13.3 Å². The van der Waals surface area contributed by atoms with Crippen LogP contribution in [0.1, 0.15) is 15.9 Å². The zero-order valence-electron chi connectivity index (χ0n) is 52.8. The van der Waals surface area contributed by atoms with Crippen LogP contribution < -0.4 is 26.2 Å². The van der Waals surface area contributed by atoms with Crippen molar-refractivity contribution < 1.29 is 9.53 Å². The Hall–Kier alpha value is -13.2. The maximum atomic E-state index is 13.9. The number of nitrogens with zero attached hydrogens (tertiary/aromatic N) is 9. The molecule has 16 aromatic rings. The highest BCUT2D eigenvalue weighted by Crippen LogP contribution is 2.48. The molecular formula is C86H56BN9O2. The zero-order chi connectivity index (χ0) is 65.0. The maximum Gasteiger partial charge on any atom is 0.338 e. The van der Waals surface area contributed by atoms with Gasteiger partial charge in [-0.1, -0.05) is 243 Å². The first kappa shape index (κ1) is 57.5. The first-order chi connectivity index (χ1) is 48.5. The van der Waals surface area contributed by atoms with Crippen molar-refractivity contribution in [1.82, 2.24) is 34.5 Å². The molecule has 5 heterocycles. The standard InChI is InChI=1S/C86H56BN9O2/c97-86(98-55-56-25-7-1-8-26-56)63-48-51-73-68(54-63)67-37-19-22-40-72(67)96(73)74-50-47-62(84-90-80(58-27-9-2-10-28-58)88-81(91-84)59-29-11-3-12-30-59)53-69(74)85-92-82(60-31-13-4-14-32-60)89-83(93-85)61-45-43-57(44-46-61)66-49-52-77-78-79(66)95(65-35-17-6-18-36-65)76-42-24-21-39-71(76)87(78)70-38-20-23-41-75(70)94(77)64-33-15-5-16-34-64/h1-54H,55H2. The van der Waals surface area contributed by atoms with E-state index in [1.807, 2.05) is 152 Å². The fraction of sp³-hybridized carbons (Fsp3) is 0.0116. The minimum atomic E-state index is -0.411. The summed E-state index contributed by atoms with van der Waals surface area (Å²) in [7, 11) is 0. The Labute approximate surface area is 566 Å². The second-order valence-corrected chi connectivity index (χ2v) is 24.5. The molecule has 2 aliphatic heterocycles. The van der Waals surface area contributed by atoms with Gasteiger partial charge in [0.05, 0.1) is 28.0 Å². The summed E-state index contributed by atoms with van der Waals surface area (Å²) in [5, 5.41) is 1.83. The van der Waals surface area contributed by atoms with Gasteiger partial charge in [-0.05, 0) is 112 Å². The molecular weight excluding hydrogens is 1200 g/mol. The average molecular weight is 1260 g/mol. The quantitative estimate of drug-likeness (QED) is 0.0816. The Morgan fingerprint density at radius 1 is 0.327 bits per heavy atom. The van der Waals surface area contributed by atoms with Crippen molar-refractivity contribution in [1.29, 1.82) is 0 Å². The van der Waals surface area contributed by atoms with Crippen molar-refractivity contribution in [3.05, 3.63) is 339 Å². The maximum absolute atomic E-state index is 13.9. The van der Waals surface area contributed by atoms with Crippen LogP contribution in [0.25, 0.3) is 107 Å². The van der Waals surface area contributed by atoms with Gasteiger partial charge < -0.3 is 19.1 Å². The fourth-order valence-corrected chi connectivity index (χ4v) is 14.1. The molecule has 460 valence electrons. The Bertz CT molecular complexity index is 5660. The van der Waals surface area contributed by atoms with Crippen molar-refractivity contribution in [2.45, 2.75) is 6.61 Å². The molecule has 98 heavy (non-hydrogen) atoms. The highest BCUT2D eigenvalue weighted by Gasteiger charge is 2.44. The average Bonchev–Trinajstić information content (AvgIpc) is 0.841. The number of aromatic nitrogens is 7. The van der Waals surface area contributed by atoms with Crippen molar-refractivity contribution in [3.63, 3.8) is 0 Å². The third-order valence-corrected chi connectivity index (χ3v) is 18.6. The van der Waals surface area contributed by atoms with E-state index in [1.165, 1.54) is 16.4 Å². The number of para-hydroxylation sites is 5. The molecule has 18 rings (SSSR count). The number of ether oxygens (including phenoxy) is 1. The van der Waals surface area contributed by atoms with Crippen LogP contribution in [-0.2, 0) is 11.3 Å². The molecule has 0 unspecified atom stereocenters. The van der Waals surface area contributed by atoms with Gasteiger partial charge >= 0.3 is 5.97 Å². The molecule has 0 amide bonds. The summed E-state index contributed by atoms with van der Waals surface area (Å²) in [6.07, 6.45) is 0. The van der Waals surface area contributed by atoms with E-state index in [9.17, 15) is 4.79 Å². The van der Waals surface area contributed by atoms with E-state index in [0.29, 0.717) is 46.1 Å². The van der Waals surface area contributed by atoms with Crippen molar-refractivity contribution in [2.24, 2.45) is 0 Å². The van der Waals surface area contributed by atoms with Gasteiger partial charge in [0.15, 0.2) is 34.9 Å². The van der Waals surface area contributed by atoms with Gasteiger partial charge in [0, 0.05) is 78.2 Å². The van der Waals surface area contributed by atoms with Gasteiger partial charge in [0.1, 0.15) is 6.61 Å². The monoisotopic (exact) mass is 1260 g/mol. The molecule has 0 spiro atoms. The van der Waals surface area contributed by atoms with Crippen LogP contribution in [0, 0.1) is 0 Å². The van der Waals surface area contributed by atoms with Gasteiger partial charge in [-0.25, -0.2) is 34.7 Å². The predicted molar refractivity (Wildman–Crippen MR) is 395 cm³/mol. The second-order valence-electron chi connectivity index (χ2n) is 24.5. The van der Waals surface area contributed by atoms with Crippen molar-refractivity contribution in [3.8, 4) is 85.1 Å². The molecule has 0 aliphatic carbocycles. The molecule has 11 nitrogen and oxygen atoms in total. The number of hydrogen-bond acceptors (Lipinski definition) is 10. The predicted octanol–water partition coefficient (Wildman–Crippen LogP) is 18.3. The molecule has 0 saturated carbocycles. The summed E-state index contributed by atoms with van der Waals surface area (Å²) in [6, 6.07) is 112. The smallest absolute Gasteiger partial charge is 0.338 e.